The Morgan fingerprint density at radius 1 is 1.28 bits per heavy atom. The lowest BCUT2D eigenvalue weighted by Crippen LogP contribution is -2.42. The van der Waals surface area contributed by atoms with Crippen molar-refractivity contribution in [3.63, 3.8) is 0 Å². The number of amides is 2. The topological polar surface area (TPSA) is 97.3 Å². The van der Waals surface area contributed by atoms with Crippen molar-refractivity contribution in [2.45, 2.75) is 20.0 Å². The van der Waals surface area contributed by atoms with Gasteiger partial charge in [-0.1, -0.05) is 0 Å². The molecule has 0 radical (unpaired) electrons. The van der Waals surface area contributed by atoms with E-state index in [2.05, 4.69) is 20.3 Å². The standard InChI is InChI=1S/C17H19N5O3/c1-11-18-6-4-14(20-11)15-10-22(7-8-25-15)17(24)13-3-5-19-16(9-13)21-12(2)23/h3-6,9,15H,7-8,10H2,1-2H3,(H,19,21,23)/t15-/m1/s1. The Labute approximate surface area is 145 Å². The van der Waals surface area contributed by atoms with E-state index >= 15 is 0 Å². The Morgan fingerprint density at radius 3 is 2.84 bits per heavy atom. The number of nitrogens with one attached hydrogen (secondary N) is 1. The van der Waals surface area contributed by atoms with Crippen LogP contribution >= 0.6 is 0 Å². The van der Waals surface area contributed by atoms with Crippen LogP contribution in [0.1, 0.15) is 34.9 Å². The summed E-state index contributed by atoms with van der Waals surface area (Å²) in [5, 5.41) is 2.58. The Kier molecular flexibility index (Phi) is 4.99. The van der Waals surface area contributed by atoms with E-state index in [0.29, 0.717) is 36.9 Å². The predicted molar refractivity (Wildman–Crippen MR) is 89.9 cm³/mol. The number of rotatable bonds is 3. The molecule has 1 saturated heterocycles. The molecule has 2 aromatic heterocycles. The van der Waals surface area contributed by atoms with E-state index in [1.807, 2.05) is 6.92 Å². The quantitative estimate of drug-likeness (QED) is 0.905. The summed E-state index contributed by atoms with van der Waals surface area (Å²) in [5.41, 5.74) is 1.23. The van der Waals surface area contributed by atoms with Crippen molar-refractivity contribution in [2.75, 3.05) is 25.0 Å². The molecule has 8 heteroatoms. The zero-order valence-electron chi connectivity index (χ0n) is 14.1. The molecule has 0 unspecified atom stereocenters. The van der Waals surface area contributed by atoms with E-state index in [1.165, 1.54) is 13.1 Å². The Morgan fingerprint density at radius 2 is 2.08 bits per heavy atom. The highest BCUT2D eigenvalue weighted by Gasteiger charge is 2.27. The van der Waals surface area contributed by atoms with Crippen molar-refractivity contribution in [1.29, 1.82) is 0 Å². The van der Waals surface area contributed by atoms with Gasteiger partial charge in [0.2, 0.25) is 5.91 Å². The molecule has 3 rings (SSSR count). The minimum atomic E-state index is -0.281. The Balaban J connectivity index is 1.75. The highest BCUT2D eigenvalue weighted by atomic mass is 16.5. The third kappa shape index (κ3) is 4.16. The number of aromatic nitrogens is 3. The number of carbonyl (C=O) groups excluding carboxylic acids is 2. The van der Waals surface area contributed by atoms with Crippen LogP contribution in [0.15, 0.2) is 30.6 Å². The second kappa shape index (κ2) is 7.35. The molecule has 1 atom stereocenters. The van der Waals surface area contributed by atoms with Crippen molar-refractivity contribution < 1.29 is 14.3 Å². The van der Waals surface area contributed by atoms with Gasteiger partial charge in [0.1, 0.15) is 17.7 Å². The van der Waals surface area contributed by atoms with Crippen molar-refractivity contribution in [3.05, 3.63) is 47.7 Å². The molecule has 1 aliphatic rings. The zero-order chi connectivity index (χ0) is 17.8. The van der Waals surface area contributed by atoms with Gasteiger partial charge in [0.25, 0.3) is 5.91 Å². The Bertz CT molecular complexity index is 795. The van der Waals surface area contributed by atoms with Crippen molar-refractivity contribution >= 4 is 17.6 Å². The number of morpholine rings is 1. The largest absolute Gasteiger partial charge is 0.368 e. The van der Waals surface area contributed by atoms with Crippen LogP contribution in [0.4, 0.5) is 5.82 Å². The van der Waals surface area contributed by atoms with E-state index in [-0.39, 0.29) is 17.9 Å². The number of nitrogens with zero attached hydrogens (tertiary/aromatic N) is 4. The number of hydrogen-bond donors (Lipinski definition) is 1. The summed E-state index contributed by atoms with van der Waals surface area (Å²) >= 11 is 0. The molecule has 1 fully saturated rings. The fraction of sp³-hybridized carbons (Fsp3) is 0.353. The summed E-state index contributed by atoms with van der Waals surface area (Å²) in [7, 11) is 0. The van der Waals surface area contributed by atoms with Gasteiger partial charge in [0.05, 0.1) is 18.8 Å². The molecule has 2 amide bonds. The van der Waals surface area contributed by atoms with Gasteiger partial charge in [-0.25, -0.2) is 15.0 Å². The maximum absolute atomic E-state index is 12.8. The fourth-order valence-corrected chi connectivity index (χ4v) is 2.66. The number of aryl methyl sites for hydroxylation is 1. The van der Waals surface area contributed by atoms with E-state index in [0.717, 1.165) is 5.69 Å². The van der Waals surface area contributed by atoms with Gasteiger partial charge in [0.15, 0.2) is 0 Å². The molecule has 3 heterocycles. The first-order valence-corrected chi connectivity index (χ1v) is 7.97. The highest BCUT2D eigenvalue weighted by molar-refractivity contribution is 5.96. The lowest BCUT2D eigenvalue weighted by atomic mass is 10.1. The van der Waals surface area contributed by atoms with Crippen LogP contribution in [0, 0.1) is 6.92 Å². The minimum Gasteiger partial charge on any atom is -0.368 e. The first-order valence-electron chi connectivity index (χ1n) is 7.97. The third-order valence-electron chi connectivity index (χ3n) is 3.79. The Hall–Kier alpha value is -2.87. The van der Waals surface area contributed by atoms with Crippen LogP contribution in [0.3, 0.4) is 0 Å². The maximum Gasteiger partial charge on any atom is 0.254 e. The minimum absolute atomic E-state index is 0.131. The molecule has 0 saturated carbocycles. The molecule has 0 aromatic carbocycles. The fourth-order valence-electron chi connectivity index (χ4n) is 2.66. The number of carbonyl (C=O) groups is 2. The van der Waals surface area contributed by atoms with Gasteiger partial charge in [-0.05, 0) is 25.1 Å². The number of pyridine rings is 1. The van der Waals surface area contributed by atoms with Gasteiger partial charge < -0.3 is 15.0 Å². The summed E-state index contributed by atoms with van der Waals surface area (Å²) in [6.07, 6.45) is 2.91. The van der Waals surface area contributed by atoms with Crippen LogP contribution < -0.4 is 5.32 Å². The second-order valence-electron chi connectivity index (χ2n) is 5.75. The smallest absolute Gasteiger partial charge is 0.254 e. The average Bonchev–Trinajstić information content (AvgIpc) is 2.61. The third-order valence-corrected chi connectivity index (χ3v) is 3.79. The SMILES string of the molecule is CC(=O)Nc1cc(C(=O)N2CCO[C@@H](c3ccnc(C)n3)C2)ccn1. The van der Waals surface area contributed by atoms with Crippen LogP contribution in [-0.4, -0.2) is 51.4 Å². The first kappa shape index (κ1) is 17.0. The number of hydrogen-bond acceptors (Lipinski definition) is 6. The van der Waals surface area contributed by atoms with Crippen molar-refractivity contribution in [2.24, 2.45) is 0 Å². The van der Waals surface area contributed by atoms with E-state index in [9.17, 15) is 9.59 Å². The summed E-state index contributed by atoms with van der Waals surface area (Å²) in [6.45, 7) is 4.55. The first-order chi connectivity index (χ1) is 12.0. The van der Waals surface area contributed by atoms with Gasteiger partial charge in [-0.3, -0.25) is 9.59 Å². The van der Waals surface area contributed by atoms with Gasteiger partial charge in [0, 0.05) is 31.4 Å². The molecule has 1 N–H and O–H groups in total. The van der Waals surface area contributed by atoms with E-state index in [4.69, 9.17) is 4.74 Å². The molecule has 25 heavy (non-hydrogen) atoms. The van der Waals surface area contributed by atoms with Crippen LogP contribution in [-0.2, 0) is 9.53 Å². The molecule has 0 aliphatic carbocycles. The van der Waals surface area contributed by atoms with Crippen molar-refractivity contribution in [1.82, 2.24) is 19.9 Å². The number of anilines is 1. The molecule has 8 nitrogen and oxygen atoms in total. The molecule has 0 spiro atoms. The average molecular weight is 341 g/mol. The van der Waals surface area contributed by atoms with Gasteiger partial charge in [-0.2, -0.15) is 0 Å². The normalized spacial score (nSPS) is 17.2. The molecule has 2 aromatic rings. The maximum atomic E-state index is 12.8. The highest BCUT2D eigenvalue weighted by Crippen LogP contribution is 2.22. The predicted octanol–water partition coefficient (Wildman–Crippen LogP) is 1.35. The van der Waals surface area contributed by atoms with Gasteiger partial charge >= 0.3 is 0 Å². The summed E-state index contributed by atoms with van der Waals surface area (Å²) < 4.78 is 5.76. The zero-order valence-corrected chi connectivity index (χ0v) is 14.1. The van der Waals surface area contributed by atoms with Gasteiger partial charge in [-0.15, -0.1) is 0 Å². The van der Waals surface area contributed by atoms with Crippen LogP contribution in [0.2, 0.25) is 0 Å². The molecule has 1 aliphatic heterocycles. The lowest BCUT2D eigenvalue weighted by Gasteiger charge is -2.32. The molecular weight excluding hydrogens is 322 g/mol. The number of ether oxygens (including phenoxy) is 1. The summed E-state index contributed by atoms with van der Waals surface area (Å²) in [5.74, 6) is 0.656. The summed E-state index contributed by atoms with van der Waals surface area (Å²) in [6, 6.07) is 5.00. The second-order valence-corrected chi connectivity index (χ2v) is 5.75. The lowest BCUT2D eigenvalue weighted by molar-refractivity contribution is -0.114. The molecule has 0 bridgehead atoms. The summed E-state index contributed by atoms with van der Waals surface area (Å²) in [4.78, 5) is 38.1. The monoisotopic (exact) mass is 341 g/mol. The van der Waals surface area contributed by atoms with Crippen molar-refractivity contribution in [3.8, 4) is 0 Å². The van der Waals surface area contributed by atoms with E-state index in [1.54, 1.807) is 29.3 Å². The molecular formula is C17H19N5O3. The van der Waals surface area contributed by atoms with E-state index < -0.39 is 0 Å². The van der Waals surface area contributed by atoms with Crippen LogP contribution in [0.25, 0.3) is 0 Å². The van der Waals surface area contributed by atoms with Crippen LogP contribution in [0.5, 0.6) is 0 Å². The molecule has 130 valence electrons.